The van der Waals surface area contributed by atoms with E-state index in [0.29, 0.717) is 6.42 Å². The largest absolute Gasteiger partial charge is 0.480 e. The van der Waals surface area contributed by atoms with Gasteiger partial charge in [-0.25, -0.2) is 4.79 Å². The zero-order chi connectivity index (χ0) is 11.6. The van der Waals surface area contributed by atoms with E-state index < -0.39 is 11.5 Å². The van der Waals surface area contributed by atoms with E-state index in [-0.39, 0.29) is 6.54 Å². The molecule has 16 heavy (non-hydrogen) atoms. The number of benzene rings is 1. The molecule has 2 N–H and O–H groups in total. The number of carbonyl (C=O) groups is 1. The van der Waals surface area contributed by atoms with E-state index in [1.807, 2.05) is 24.3 Å². The minimum absolute atomic E-state index is 0.265. The molecule has 0 heterocycles. The standard InChI is InChI=1S/C13H13NO2/c1-2-9-14-13(12(15)16)8-7-10-5-3-4-6-11(10)13/h1,3-6,14H,7-9H2,(H,15,16). The molecule has 1 aromatic rings. The van der Waals surface area contributed by atoms with Crippen LogP contribution in [0, 0.1) is 12.3 Å². The van der Waals surface area contributed by atoms with Crippen LogP contribution in [0.4, 0.5) is 0 Å². The van der Waals surface area contributed by atoms with Crippen LogP contribution in [-0.2, 0) is 16.8 Å². The molecule has 0 saturated heterocycles. The van der Waals surface area contributed by atoms with Crippen molar-refractivity contribution in [1.82, 2.24) is 5.32 Å². The molecular formula is C13H13NO2. The highest BCUT2D eigenvalue weighted by atomic mass is 16.4. The number of carboxylic acid groups (broad SMARTS) is 1. The number of fused-ring (bicyclic) bond motifs is 1. The fourth-order valence-electron chi connectivity index (χ4n) is 2.29. The molecule has 2 rings (SSSR count). The quantitative estimate of drug-likeness (QED) is 0.743. The van der Waals surface area contributed by atoms with Crippen molar-refractivity contribution >= 4 is 5.97 Å². The molecule has 1 aliphatic rings. The van der Waals surface area contributed by atoms with E-state index in [4.69, 9.17) is 6.42 Å². The lowest BCUT2D eigenvalue weighted by atomic mass is 9.92. The molecule has 0 bridgehead atoms. The first kappa shape index (κ1) is 10.7. The van der Waals surface area contributed by atoms with Crippen LogP contribution in [0.2, 0.25) is 0 Å². The van der Waals surface area contributed by atoms with E-state index in [1.165, 1.54) is 0 Å². The third kappa shape index (κ3) is 1.48. The normalized spacial score (nSPS) is 22.4. The predicted molar refractivity (Wildman–Crippen MR) is 60.9 cm³/mol. The van der Waals surface area contributed by atoms with Gasteiger partial charge in [-0.2, -0.15) is 0 Å². The molecule has 1 aliphatic carbocycles. The molecule has 0 saturated carbocycles. The van der Waals surface area contributed by atoms with E-state index >= 15 is 0 Å². The molecule has 0 amide bonds. The number of hydrogen-bond donors (Lipinski definition) is 2. The lowest BCUT2D eigenvalue weighted by Gasteiger charge is -2.26. The average Bonchev–Trinajstić information content (AvgIpc) is 2.67. The van der Waals surface area contributed by atoms with E-state index in [0.717, 1.165) is 17.5 Å². The first-order valence-corrected chi connectivity index (χ1v) is 5.21. The second-order valence-electron chi connectivity index (χ2n) is 3.93. The van der Waals surface area contributed by atoms with Crippen LogP contribution < -0.4 is 5.32 Å². The van der Waals surface area contributed by atoms with Crippen LogP contribution in [0.25, 0.3) is 0 Å². The summed E-state index contributed by atoms with van der Waals surface area (Å²) < 4.78 is 0. The zero-order valence-corrected chi connectivity index (χ0v) is 8.86. The molecule has 3 heteroatoms. The Morgan fingerprint density at radius 2 is 2.31 bits per heavy atom. The molecule has 1 atom stereocenters. The van der Waals surface area contributed by atoms with E-state index in [9.17, 15) is 9.90 Å². The van der Waals surface area contributed by atoms with Gasteiger partial charge in [0, 0.05) is 0 Å². The van der Waals surface area contributed by atoms with Gasteiger partial charge in [-0.15, -0.1) is 6.42 Å². The SMILES string of the molecule is C#CCNC1(C(=O)O)CCc2ccccc21. The van der Waals surface area contributed by atoms with Crippen LogP contribution in [0.3, 0.4) is 0 Å². The van der Waals surface area contributed by atoms with Gasteiger partial charge in [-0.3, -0.25) is 5.32 Å². The fraction of sp³-hybridized carbons (Fsp3) is 0.308. The van der Waals surface area contributed by atoms with Crippen molar-refractivity contribution in [3.63, 3.8) is 0 Å². The van der Waals surface area contributed by atoms with Gasteiger partial charge >= 0.3 is 5.97 Å². The van der Waals surface area contributed by atoms with Crippen LogP contribution in [-0.4, -0.2) is 17.6 Å². The predicted octanol–water partition coefficient (Wildman–Crippen LogP) is 1.14. The summed E-state index contributed by atoms with van der Waals surface area (Å²) in [6.45, 7) is 0.265. The van der Waals surface area contributed by atoms with Crippen LogP contribution in [0.1, 0.15) is 17.5 Å². The third-order valence-electron chi connectivity index (χ3n) is 3.10. The summed E-state index contributed by atoms with van der Waals surface area (Å²) in [5, 5.41) is 12.4. The Bertz CT molecular complexity index is 461. The van der Waals surface area contributed by atoms with Gasteiger partial charge in [-0.1, -0.05) is 30.2 Å². The smallest absolute Gasteiger partial charge is 0.328 e. The highest BCUT2D eigenvalue weighted by molar-refractivity contribution is 5.82. The molecule has 0 spiro atoms. The fourth-order valence-corrected chi connectivity index (χ4v) is 2.29. The molecule has 0 aliphatic heterocycles. The Balaban J connectivity index is 2.44. The number of rotatable bonds is 3. The number of aliphatic carboxylic acids is 1. The van der Waals surface area contributed by atoms with Crippen molar-refractivity contribution in [2.45, 2.75) is 18.4 Å². The monoisotopic (exact) mass is 215 g/mol. The van der Waals surface area contributed by atoms with E-state index in [2.05, 4.69) is 11.2 Å². The molecule has 0 fully saturated rings. The molecule has 0 radical (unpaired) electrons. The maximum Gasteiger partial charge on any atom is 0.328 e. The molecular weight excluding hydrogens is 202 g/mol. The number of terminal acetylenes is 1. The minimum atomic E-state index is -0.997. The summed E-state index contributed by atoms with van der Waals surface area (Å²) in [6.07, 6.45) is 6.52. The number of nitrogens with one attached hydrogen (secondary N) is 1. The van der Waals surface area contributed by atoms with Crippen molar-refractivity contribution in [3.8, 4) is 12.3 Å². The molecule has 1 aromatic carbocycles. The Labute approximate surface area is 94.5 Å². The van der Waals surface area contributed by atoms with Gasteiger partial charge in [0.2, 0.25) is 0 Å². The van der Waals surface area contributed by atoms with Gasteiger partial charge in [0.25, 0.3) is 0 Å². The first-order chi connectivity index (χ1) is 7.70. The summed E-state index contributed by atoms with van der Waals surface area (Å²) in [4.78, 5) is 11.5. The van der Waals surface area contributed by atoms with Crippen molar-refractivity contribution in [2.75, 3.05) is 6.54 Å². The highest BCUT2D eigenvalue weighted by Crippen LogP contribution is 2.36. The summed E-state index contributed by atoms with van der Waals surface area (Å²) in [5.74, 6) is 1.58. The molecule has 1 unspecified atom stereocenters. The second-order valence-corrected chi connectivity index (χ2v) is 3.93. The average molecular weight is 215 g/mol. The lowest BCUT2D eigenvalue weighted by molar-refractivity contribution is -0.145. The maximum atomic E-state index is 11.5. The van der Waals surface area contributed by atoms with Crippen LogP contribution >= 0.6 is 0 Å². The second kappa shape index (κ2) is 3.99. The number of aryl methyl sites for hydroxylation is 1. The van der Waals surface area contributed by atoms with Gasteiger partial charge < -0.3 is 5.11 Å². The Hall–Kier alpha value is -1.79. The maximum absolute atomic E-state index is 11.5. The van der Waals surface area contributed by atoms with Crippen molar-refractivity contribution in [3.05, 3.63) is 35.4 Å². The topological polar surface area (TPSA) is 49.3 Å². The molecule has 82 valence electrons. The summed E-state index contributed by atoms with van der Waals surface area (Å²) in [7, 11) is 0. The lowest BCUT2D eigenvalue weighted by Crippen LogP contribution is -2.47. The van der Waals surface area contributed by atoms with Crippen molar-refractivity contribution < 1.29 is 9.90 Å². The van der Waals surface area contributed by atoms with Crippen LogP contribution in [0.5, 0.6) is 0 Å². The molecule has 0 aromatic heterocycles. The third-order valence-corrected chi connectivity index (χ3v) is 3.10. The van der Waals surface area contributed by atoms with Crippen molar-refractivity contribution in [1.29, 1.82) is 0 Å². The summed E-state index contributed by atoms with van der Waals surface area (Å²) >= 11 is 0. The number of hydrogen-bond acceptors (Lipinski definition) is 2. The minimum Gasteiger partial charge on any atom is -0.480 e. The zero-order valence-electron chi connectivity index (χ0n) is 8.86. The summed E-state index contributed by atoms with van der Waals surface area (Å²) in [5.41, 5.74) is 0.940. The van der Waals surface area contributed by atoms with E-state index in [1.54, 1.807) is 0 Å². The summed E-state index contributed by atoms with van der Waals surface area (Å²) in [6, 6.07) is 7.62. The Kier molecular flexibility index (Phi) is 2.67. The van der Waals surface area contributed by atoms with Gasteiger partial charge in [0.05, 0.1) is 6.54 Å². The van der Waals surface area contributed by atoms with Gasteiger partial charge in [0.1, 0.15) is 5.54 Å². The Morgan fingerprint density at radius 1 is 1.56 bits per heavy atom. The van der Waals surface area contributed by atoms with Gasteiger partial charge in [-0.05, 0) is 24.0 Å². The first-order valence-electron chi connectivity index (χ1n) is 5.21. The highest BCUT2D eigenvalue weighted by Gasteiger charge is 2.44. The Morgan fingerprint density at radius 3 is 3.00 bits per heavy atom. The number of carboxylic acids is 1. The van der Waals surface area contributed by atoms with Crippen LogP contribution in [0.15, 0.2) is 24.3 Å². The van der Waals surface area contributed by atoms with Crippen molar-refractivity contribution in [2.24, 2.45) is 0 Å². The molecule has 3 nitrogen and oxygen atoms in total. The van der Waals surface area contributed by atoms with Gasteiger partial charge in [0.15, 0.2) is 0 Å².